The molecule has 0 aliphatic carbocycles. The summed E-state index contributed by atoms with van der Waals surface area (Å²) in [5.74, 6) is 0.447. The zero-order valence-electron chi connectivity index (χ0n) is 10.3. The molecule has 1 N–H and O–H groups in total. The number of furan rings is 1. The molecule has 2 aromatic heterocycles. The zero-order valence-corrected chi connectivity index (χ0v) is 10.3. The number of carbonyl (C=O) groups is 1. The Balaban J connectivity index is 2.28. The quantitative estimate of drug-likeness (QED) is 0.782. The topological polar surface area (TPSA) is 68.3 Å². The van der Waals surface area contributed by atoms with Gasteiger partial charge in [0.1, 0.15) is 18.1 Å². The third-order valence-corrected chi connectivity index (χ3v) is 3.05. The standard InChI is InChI=1S/C14H12N2O3/c1-9-10(6-7-19-9)14-15-11-4-2-3-5-12(11)16(14)8-13(17)18/h2-7H,8H2,1H3,(H,17,18). The summed E-state index contributed by atoms with van der Waals surface area (Å²) in [6.45, 7) is 1.71. The van der Waals surface area contributed by atoms with Gasteiger partial charge in [-0.1, -0.05) is 12.1 Å². The van der Waals surface area contributed by atoms with Crippen molar-refractivity contribution in [3.8, 4) is 11.4 Å². The second-order valence-electron chi connectivity index (χ2n) is 4.29. The van der Waals surface area contributed by atoms with E-state index < -0.39 is 5.97 Å². The summed E-state index contributed by atoms with van der Waals surface area (Å²) in [6, 6.07) is 9.28. The predicted molar refractivity (Wildman–Crippen MR) is 69.8 cm³/mol. The van der Waals surface area contributed by atoms with Crippen LogP contribution in [0.1, 0.15) is 5.76 Å². The number of aliphatic carboxylic acids is 1. The van der Waals surface area contributed by atoms with Crippen LogP contribution < -0.4 is 0 Å². The number of para-hydroxylation sites is 2. The Bertz CT molecular complexity index is 755. The first-order valence-corrected chi connectivity index (χ1v) is 5.88. The Morgan fingerprint density at radius 3 is 2.84 bits per heavy atom. The number of aromatic nitrogens is 2. The zero-order chi connectivity index (χ0) is 13.4. The van der Waals surface area contributed by atoms with Gasteiger partial charge in [-0.15, -0.1) is 0 Å². The van der Waals surface area contributed by atoms with E-state index in [1.165, 1.54) is 0 Å². The van der Waals surface area contributed by atoms with Crippen LogP contribution in [0.3, 0.4) is 0 Å². The van der Waals surface area contributed by atoms with Gasteiger partial charge in [0, 0.05) is 0 Å². The van der Waals surface area contributed by atoms with Crippen LogP contribution in [0.2, 0.25) is 0 Å². The molecule has 0 saturated carbocycles. The molecule has 3 aromatic rings. The molecule has 0 aliphatic heterocycles. The van der Waals surface area contributed by atoms with E-state index in [9.17, 15) is 4.79 Å². The summed E-state index contributed by atoms with van der Waals surface area (Å²) in [7, 11) is 0. The van der Waals surface area contributed by atoms with E-state index in [1.54, 1.807) is 16.9 Å². The molecular weight excluding hydrogens is 244 g/mol. The molecule has 0 spiro atoms. The molecule has 0 bridgehead atoms. The number of fused-ring (bicyclic) bond motifs is 1. The number of hydrogen-bond acceptors (Lipinski definition) is 3. The van der Waals surface area contributed by atoms with Crippen LogP contribution in [0, 0.1) is 6.92 Å². The second-order valence-corrected chi connectivity index (χ2v) is 4.29. The van der Waals surface area contributed by atoms with E-state index in [0.717, 1.165) is 22.4 Å². The number of imidazole rings is 1. The van der Waals surface area contributed by atoms with Crippen molar-refractivity contribution in [2.24, 2.45) is 0 Å². The van der Waals surface area contributed by atoms with Crippen LogP contribution in [0.4, 0.5) is 0 Å². The van der Waals surface area contributed by atoms with Crippen molar-refractivity contribution in [1.29, 1.82) is 0 Å². The summed E-state index contributed by atoms with van der Waals surface area (Å²) in [4.78, 5) is 15.6. The number of hydrogen-bond donors (Lipinski definition) is 1. The molecular formula is C14H12N2O3. The maximum absolute atomic E-state index is 11.0. The lowest BCUT2D eigenvalue weighted by Crippen LogP contribution is -2.10. The van der Waals surface area contributed by atoms with E-state index in [-0.39, 0.29) is 6.54 Å². The van der Waals surface area contributed by atoms with E-state index in [1.807, 2.05) is 31.2 Å². The van der Waals surface area contributed by atoms with Gasteiger partial charge >= 0.3 is 5.97 Å². The van der Waals surface area contributed by atoms with Crippen molar-refractivity contribution in [3.05, 3.63) is 42.4 Å². The third kappa shape index (κ3) is 1.89. The van der Waals surface area contributed by atoms with Gasteiger partial charge in [-0.05, 0) is 25.1 Å². The molecule has 3 rings (SSSR count). The minimum atomic E-state index is -0.898. The fourth-order valence-corrected chi connectivity index (χ4v) is 2.19. The van der Waals surface area contributed by atoms with Gasteiger partial charge in [-0.3, -0.25) is 4.79 Å². The van der Waals surface area contributed by atoms with Crippen molar-refractivity contribution < 1.29 is 14.3 Å². The number of benzene rings is 1. The average Bonchev–Trinajstić information content (AvgIpc) is 2.93. The fraction of sp³-hybridized carbons (Fsp3) is 0.143. The van der Waals surface area contributed by atoms with Crippen LogP contribution in [0.5, 0.6) is 0 Å². The van der Waals surface area contributed by atoms with Crippen molar-refractivity contribution in [3.63, 3.8) is 0 Å². The van der Waals surface area contributed by atoms with Gasteiger partial charge < -0.3 is 14.1 Å². The SMILES string of the molecule is Cc1occc1-c1nc2ccccc2n1CC(=O)O. The lowest BCUT2D eigenvalue weighted by Gasteiger charge is -2.05. The summed E-state index contributed by atoms with van der Waals surface area (Å²) in [6.07, 6.45) is 1.58. The molecule has 5 nitrogen and oxygen atoms in total. The van der Waals surface area contributed by atoms with E-state index in [0.29, 0.717) is 5.82 Å². The molecule has 0 atom stereocenters. The predicted octanol–water partition coefficient (Wildman–Crippen LogP) is 2.69. The van der Waals surface area contributed by atoms with Crippen molar-refractivity contribution >= 4 is 17.0 Å². The maximum Gasteiger partial charge on any atom is 0.323 e. The first-order valence-electron chi connectivity index (χ1n) is 5.88. The van der Waals surface area contributed by atoms with Gasteiger partial charge in [0.05, 0.1) is 22.9 Å². The highest BCUT2D eigenvalue weighted by Gasteiger charge is 2.17. The molecule has 0 saturated heterocycles. The maximum atomic E-state index is 11.0. The molecule has 1 aromatic carbocycles. The molecule has 5 heteroatoms. The van der Waals surface area contributed by atoms with Crippen LogP contribution in [-0.2, 0) is 11.3 Å². The highest BCUT2D eigenvalue weighted by molar-refractivity contribution is 5.83. The van der Waals surface area contributed by atoms with Gasteiger partial charge in [-0.2, -0.15) is 0 Å². The number of carboxylic acid groups (broad SMARTS) is 1. The molecule has 19 heavy (non-hydrogen) atoms. The van der Waals surface area contributed by atoms with Crippen LogP contribution in [0.25, 0.3) is 22.4 Å². The fourth-order valence-electron chi connectivity index (χ4n) is 2.19. The summed E-state index contributed by atoms with van der Waals surface area (Å²) < 4.78 is 6.96. The molecule has 0 aliphatic rings. The minimum Gasteiger partial charge on any atom is -0.480 e. The number of aryl methyl sites for hydroxylation is 1. The van der Waals surface area contributed by atoms with Gasteiger partial charge in [0.2, 0.25) is 0 Å². The Kier molecular flexibility index (Phi) is 2.59. The monoisotopic (exact) mass is 256 g/mol. The molecule has 2 heterocycles. The third-order valence-electron chi connectivity index (χ3n) is 3.05. The molecule has 0 fully saturated rings. The molecule has 0 amide bonds. The van der Waals surface area contributed by atoms with Crippen molar-refractivity contribution in [2.75, 3.05) is 0 Å². The molecule has 0 unspecified atom stereocenters. The summed E-state index contributed by atoms with van der Waals surface area (Å²) in [5.41, 5.74) is 2.40. The lowest BCUT2D eigenvalue weighted by atomic mass is 10.2. The Hall–Kier alpha value is -2.56. The minimum absolute atomic E-state index is 0.125. The smallest absolute Gasteiger partial charge is 0.323 e. The van der Waals surface area contributed by atoms with E-state index in [4.69, 9.17) is 9.52 Å². The highest BCUT2D eigenvalue weighted by Crippen LogP contribution is 2.27. The lowest BCUT2D eigenvalue weighted by molar-refractivity contribution is -0.137. The van der Waals surface area contributed by atoms with Gasteiger partial charge in [-0.25, -0.2) is 4.98 Å². The molecule has 0 radical (unpaired) electrons. The second kappa shape index (κ2) is 4.28. The number of nitrogens with zero attached hydrogens (tertiary/aromatic N) is 2. The Morgan fingerprint density at radius 2 is 2.16 bits per heavy atom. The summed E-state index contributed by atoms with van der Waals surface area (Å²) in [5, 5.41) is 9.06. The van der Waals surface area contributed by atoms with Crippen LogP contribution >= 0.6 is 0 Å². The molecule has 96 valence electrons. The Labute approximate surface area is 109 Å². The number of carboxylic acids is 1. The van der Waals surface area contributed by atoms with Crippen molar-refractivity contribution in [2.45, 2.75) is 13.5 Å². The first-order chi connectivity index (χ1) is 9.16. The number of rotatable bonds is 3. The highest BCUT2D eigenvalue weighted by atomic mass is 16.4. The Morgan fingerprint density at radius 1 is 1.37 bits per heavy atom. The normalized spacial score (nSPS) is 11.0. The summed E-state index contributed by atoms with van der Waals surface area (Å²) >= 11 is 0. The van der Waals surface area contributed by atoms with Gasteiger partial charge in [0.25, 0.3) is 0 Å². The van der Waals surface area contributed by atoms with Crippen molar-refractivity contribution in [1.82, 2.24) is 9.55 Å². The largest absolute Gasteiger partial charge is 0.480 e. The van der Waals surface area contributed by atoms with Gasteiger partial charge in [0.15, 0.2) is 0 Å². The van der Waals surface area contributed by atoms with Crippen LogP contribution in [0.15, 0.2) is 41.0 Å². The van der Waals surface area contributed by atoms with Crippen LogP contribution in [-0.4, -0.2) is 20.6 Å². The first kappa shape index (κ1) is 11.5. The van der Waals surface area contributed by atoms with E-state index in [2.05, 4.69) is 4.98 Å². The van der Waals surface area contributed by atoms with E-state index >= 15 is 0 Å². The average molecular weight is 256 g/mol.